The van der Waals surface area contributed by atoms with E-state index in [0.717, 1.165) is 37.6 Å². The van der Waals surface area contributed by atoms with Gasteiger partial charge in [0.05, 0.1) is 0 Å². The smallest absolute Gasteiger partial charge is 0.145 e. The van der Waals surface area contributed by atoms with E-state index in [4.69, 9.17) is 10.9 Å². The molecule has 0 radical (unpaired) electrons. The van der Waals surface area contributed by atoms with Crippen LogP contribution in [0.4, 0.5) is 11.6 Å². The minimum Gasteiger partial charge on any atom is -0.396 e. The van der Waals surface area contributed by atoms with Crippen molar-refractivity contribution < 1.29 is 5.11 Å². The molecule has 2 rings (SSSR count). The Hall–Kier alpha value is -1.40. The first-order chi connectivity index (χ1) is 9.13. The molecule has 106 valence electrons. The van der Waals surface area contributed by atoms with E-state index in [-0.39, 0.29) is 12.5 Å². The summed E-state index contributed by atoms with van der Waals surface area (Å²) in [4.78, 5) is 11.2. The predicted octanol–water partition coefficient (Wildman–Crippen LogP) is 1.09. The number of aromatic nitrogens is 2. The first-order valence-electron chi connectivity index (χ1n) is 6.85. The van der Waals surface area contributed by atoms with Crippen LogP contribution in [0.2, 0.25) is 0 Å². The molecular weight excluding hydrogens is 242 g/mol. The summed E-state index contributed by atoms with van der Waals surface area (Å²) in [6.45, 7) is 6.31. The van der Waals surface area contributed by atoms with Crippen LogP contribution in [0.3, 0.4) is 0 Å². The zero-order chi connectivity index (χ0) is 13.8. The number of anilines is 2. The molecular formula is C13H23N5O. The van der Waals surface area contributed by atoms with Gasteiger partial charge in [0, 0.05) is 31.7 Å². The first kappa shape index (κ1) is 14.0. The maximum Gasteiger partial charge on any atom is 0.145 e. The lowest BCUT2D eigenvalue weighted by Crippen LogP contribution is -2.23. The van der Waals surface area contributed by atoms with E-state index in [1.54, 1.807) is 0 Å². The summed E-state index contributed by atoms with van der Waals surface area (Å²) in [6, 6.07) is 1.88. The molecule has 0 amide bonds. The Morgan fingerprint density at radius 3 is 2.95 bits per heavy atom. The Bertz CT molecular complexity index is 423. The van der Waals surface area contributed by atoms with Crippen LogP contribution in [0.1, 0.15) is 38.4 Å². The van der Waals surface area contributed by atoms with Crippen LogP contribution in [0.25, 0.3) is 0 Å². The molecule has 1 aliphatic heterocycles. The van der Waals surface area contributed by atoms with Gasteiger partial charge in [-0.1, -0.05) is 13.8 Å². The highest BCUT2D eigenvalue weighted by Crippen LogP contribution is 2.26. The number of hydrazine groups is 1. The normalized spacial score (nSPS) is 19.2. The summed E-state index contributed by atoms with van der Waals surface area (Å²) >= 11 is 0. The quantitative estimate of drug-likeness (QED) is 0.546. The van der Waals surface area contributed by atoms with Gasteiger partial charge < -0.3 is 15.4 Å². The van der Waals surface area contributed by atoms with E-state index in [1.165, 1.54) is 0 Å². The summed E-state index contributed by atoms with van der Waals surface area (Å²) in [5.74, 6) is 8.67. The van der Waals surface area contributed by atoms with Gasteiger partial charge >= 0.3 is 0 Å². The number of hydrogen-bond acceptors (Lipinski definition) is 6. The lowest BCUT2D eigenvalue weighted by atomic mass is 10.1. The molecule has 4 N–H and O–H groups in total. The molecule has 0 aromatic carbocycles. The van der Waals surface area contributed by atoms with Gasteiger partial charge in [0.15, 0.2) is 0 Å². The van der Waals surface area contributed by atoms with Gasteiger partial charge in [0.2, 0.25) is 0 Å². The highest BCUT2D eigenvalue weighted by atomic mass is 16.3. The number of rotatable bonds is 5. The van der Waals surface area contributed by atoms with Crippen LogP contribution in [0.5, 0.6) is 0 Å². The second kappa shape index (κ2) is 6.16. The summed E-state index contributed by atoms with van der Waals surface area (Å²) in [5.41, 5.74) is 2.60. The number of hydrogen-bond donors (Lipinski definition) is 3. The number of aliphatic hydroxyl groups is 1. The Balaban J connectivity index is 2.17. The largest absolute Gasteiger partial charge is 0.396 e. The van der Waals surface area contributed by atoms with Crippen molar-refractivity contribution in [2.45, 2.75) is 32.6 Å². The number of nitrogens with zero attached hydrogens (tertiary/aromatic N) is 3. The summed E-state index contributed by atoms with van der Waals surface area (Å²) in [7, 11) is 0. The van der Waals surface area contributed by atoms with Crippen LogP contribution in [0.15, 0.2) is 6.07 Å². The third kappa shape index (κ3) is 3.33. The third-order valence-corrected chi connectivity index (χ3v) is 3.54. The van der Waals surface area contributed by atoms with Gasteiger partial charge in [0.25, 0.3) is 0 Å². The molecule has 0 aliphatic carbocycles. The summed E-state index contributed by atoms with van der Waals surface area (Å²) in [5, 5.41) is 9.01. The van der Waals surface area contributed by atoms with Crippen molar-refractivity contribution >= 4 is 11.6 Å². The van der Waals surface area contributed by atoms with Gasteiger partial charge in [-0.2, -0.15) is 0 Å². The zero-order valence-electron chi connectivity index (χ0n) is 11.6. The van der Waals surface area contributed by atoms with Crippen molar-refractivity contribution in [3.8, 4) is 0 Å². The van der Waals surface area contributed by atoms with E-state index >= 15 is 0 Å². The average molecular weight is 265 g/mol. The topological polar surface area (TPSA) is 87.3 Å². The van der Waals surface area contributed by atoms with Gasteiger partial charge in [0.1, 0.15) is 17.5 Å². The molecule has 1 saturated heterocycles. The second-order valence-corrected chi connectivity index (χ2v) is 5.38. The first-order valence-corrected chi connectivity index (χ1v) is 6.85. The van der Waals surface area contributed by atoms with Crippen molar-refractivity contribution in [1.29, 1.82) is 0 Å². The molecule has 1 aromatic heterocycles. The van der Waals surface area contributed by atoms with Crippen molar-refractivity contribution in [3.05, 3.63) is 11.9 Å². The van der Waals surface area contributed by atoms with Crippen LogP contribution < -0.4 is 16.2 Å². The summed E-state index contributed by atoms with van der Waals surface area (Å²) in [6.07, 6.45) is 1.97. The Labute approximate surface area is 114 Å². The number of nitrogens with one attached hydrogen (secondary N) is 1. The average Bonchev–Trinajstić information content (AvgIpc) is 2.87. The van der Waals surface area contributed by atoms with Crippen LogP contribution in [-0.2, 0) is 0 Å². The number of aliphatic hydroxyl groups excluding tert-OH is 1. The Morgan fingerprint density at radius 2 is 2.32 bits per heavy atom. The Kier molecular flexibility index (Phi) is 4.55. The zero-order valence-corrected chi connectivity index (χ0v) is 11.6. The minimum absolute atomic E-state index is 0.259. The number of nitrogen functional groups attached to an aromatic ring is 1. The van der Waals surface area contributed by atoms with E-state index in [0.29, 0.717) is 11.7 Å². The van der Waals surface area contributed by atoms with E-state index in [2.05, 4.69) is 34.1 Å². The molecule has 0 saturated carbocycles. The van der Waals surface area contributed by atoms with Crippen molar-refractivity contribution in [2.75, 3.05) is 30.0 Å². The molecule has 1 fully saturated rings. The standard InChI is InChI=1S/C13H23N5O/c1-9(2)13-15-11(17-14)7-12(16-13)18-5-3-10(8-18)4-6-19/h7,9-10,19H,3-6,8,14H2,1-2H3,(H,15,16,17). The maximum atomic E-state index is 9.01. The predicted molar refractivity (Wildman–Crippen MR) is 76.0 cm³/mol. The lowest BCUT2D eigenvalue weighted by Gasteiger charge is -2.19. The monoisotopic (exact) mass is 265 g/mol. The fourth-order valence-electron chi connectivity index (χ4n) is 2.41. The van der Waals surface area contributed by atoms with E-state index < -0.39 is 0 Å². The third-order valence-electron chi connectivity index (χ3n) is 3.54. The summed E-state index contributed by atoms with van der Waals surface area (Å²) < 4.78 is 0. The fraction of sp³-hybridized carbons (Fsp3) is 0.692. The molecule has 6 nitrogen and oxygen atoms in total. The van der Waals surface area contributed by atoms with E-state index in [9.17, 15) is 0 Å². The molecule has 1 aromatic rings. The van der Waals surface area contributed by atoms with Crippen molar-refractivity contribution in [1.82, 2.24) is 9.97 Å². The molecule has 1 atom stereocenters. The minimum atomic E-state index is 0.259. The van der Waals surface area contributed by atoms with Crippen LogP contribution in [0, 0.1) is 5.92 Å². The van der Waals surface area contributed by atoms with Gasteiger partial charge in [-0.3, -0.25) is 0 Å². The molecule has 1 unspecified atom stereocenters. The molecule has 2 heterocycles. The highest BCUT2D eigenvalue weighted by Gasteiger charge is 2.24. The van der Waals surface area contributed by atoms with Crippen LogP contribution in [-0.4, -0.2) is 34.8 Å². The fourth-order valence-corrected chi connectivity index (χ4v) is 2.41. The maximum absolute atomic E-state index is 9.01. The van der Waals surface area contributed by atoms with Crippen LogP contribution >= 0.6 is 0 Å². The SMILES string of the molecule is CC(C)c1nc(NN)cc(N2CCC(CCO)C2)n1. The Morgan fingerprint density at radius 1 is 1.53 bits per heavy atom. The number of nitrogens with two attached hydrogens (primary N) is 1. The second-order valence-electron chi connectivity index (χ2n) is 5.38. The van der Waals surface area contributed by atoms with Crippen molar-refractivity contribution in [2.24, 2.45) is 11.8 Å². The van der Waals surface area contributed by atoms with Crippen molar-refractivity contribution in [3.63, 3.8) is 0 Å². The lowest BCUT2D eigenvalue weighted by molar-refractivity contribution is 0.263. The molecule has 6 heteroatoms. The van der Waals surface area contributed by atoms with Gasteiger partial charge in [-0.25, -0.2) is 15.8 Å². The van der Waals surface area contributed by atoms with E-state index in [1.807, 2.05) is 6.07 Å². The van der Waals surface area contributed by atoms with Gasteiger partial charge in [-0.15, -0.1) is 0 Å². The molecule has 0 spiro atoms. The molecule has 19 heavy (non-hydrogen) atoms. The molecule has 1 aliphatic rings. The highest BCUT2D eigenvalue weighted by molar-refractivity contribution is 5.49. The van der Waals surface area contributed by atoms with Gasteiger partial charge in [-0.05, 0) is 18.8 Å². The molecule has 0 bridgehead atoms.